The molecule has 0 saturated carbocycles. The Morgan fingerprint density at radius 3 is 2.60 bits per heavy atom. The Hall–Kier alpha value is -1.36. The highest BCUT2D eigenvalue weighted by Crippen LogP contribution is 2.17. The van der Waals surface area contributed by atoms with E-state index in [9.17, 15) is 0 Å². The Kier molecular flexibility index (Phi) is 6.57. The van der Waals surface area contributed by atoms with Crippen molar-refractivity contribution in [1.29, 1.82) is 0 Å². The lowest BCUT2D eigenvalue weighted by molar-refractivity contribution is 0.0905. The van der Waals surface area contributed by atoms with Crippen LogP contribution in [0, 0.1) is 0 Å². The van der Waals surface area contributed by atoms with Crippen LogP contribution in [0.5, 0.6) is 5.75 Å². The molecule has 2 rings (SSSR count). The van der Waals surface area contributed by atoms with Crippen LogP contribution in [0.25, 0.3) is 0 Å². The molecule has 1 N–H and O–H groups in total. The summed E-state index contributed by atoms with van der Waals surface area (Å²) in [5, 5.41) is 3.32. The van der Waals surface area contributed by atoms with E-state index in [0.717, 1.165) is 18.8 Å². The predicted molar refractivity (Wildman–Crippen MR) is 83.3 cm³/mol. The van der Waals surface area contributed by atoms with E-state index in [1.165, 1.54) is 9.75 Å². The highest BCUT2D eigenvalue weighted by atomic mass is 32.1. The summed E-state index contributed by atoms with van der Waals surface area (Å²) in [6.45, 7) is 5.91. The topological polar surface area (TPSA) is 30.5 Å². The van der Waals surface area contributed by atoms with E-state index < -0.39 is 0 Å². The van der Waals surface area contributed by atoms with Crippen molar-refractivity contribution in [3.8, 4) is 5.75 Å². The molecule has 0 aliphatic heterocycles. The highest BCUT2D eigenvalue weighted by Gasteiger charge is 2.00. The van der Waals surface area contributed by atoms with Gasteiger partial charge >= 0.3 is 0 Å². The van der Waals surface area contributed by atoms with E-state index in [1.807, 2.05) is 30.3 Å². The van der Waals surface area contributed by atoms with Gasteiger partial charge in [0.1, 0.15) is 12.4 Å². The Morgan fingerprint density at radius 2 is 1.80 bits per heavy atom. The highest BCUT2D eigenvalue weighted by molar-refractivity contribution is 7.11. The van der Waals surface area contributed by atoms with Crippen molar-refractivity contribution in [2.45, 2.75) is 20.1 Å². The smallest absolute Gasteiger partial charge is 0.119 e. The summed E-state index contributed by atoms with van der Waals surface area (Å²) in [5.74, 6) is 0.889. The van der Waals surface area contributed by atoms with Gasteiger partial charge in [0, 0.05) is 16.3 Å². The molecule has 3 nitrogen and oxygen atoms in total. The van der Waals surface area contributed by atoms with Gasteiger partial charge in [0.15, 0.2) is 0 Å². The van der Waals surface area contributed by atoms with Crippen LogP contribution in [0.2, 0.25) is 0 Å². The van der Waals surface area contributed by atoms with Crippen LogP contribution < -0.4 is 10.1 Å². The van der Waals surface area contributed by atoms with Gasteiger partial charge in [-0.15, -0.1) is 11.3 Å². The summed E-state index contributed by atoms with van der Waals surface area (Å²) in [7, 11) is 0. The molecule has 1 aromatic carbocycles. The molecule has 4 heteroatoms. The number of hydrogen-bond acceptors (Lipinski definition) is 4. The average Bonchev–Trinajstić information content (AvgIpc) is 2.94. The molecule has 2 aromatic rings. The van der Waals surface area contributed by atoms with Gasteiger partial charge in [-0.1, -0.05) is 25.1 Å². The number of hydrogen-bond donors (Lipinski definition) is 1. The fourth-order valence-corrected chi connectivity index (χ4v) is 2.68. The lowest BCUT2D eigenvalue weighted by Crippen LogP contribution is -2.10. The number of ether oxygens (including phenoxy) is 2. The quantitative estimate of drug-likeness (QED) is 0.718. The fraction of sp³-hybridized carbons (Fsp3) is 0.375. The van der Waals surface area contributed by atoms with Gasteiger partial charge < -0.3 is 14.8 Å². The monoisotopic (exact) mass is 291 g/mol. The third kappa shape index (κ3) is 5.33. The van der Waals surface area contributed by atoms with E-state index in [0.29, 0.717) is 19.8 Å². The molecule has 0 amide bonds. The van der Waals surface area contributed by atoms with Crippen molar-refractivity contribution in [3.05, 3.63) is 52.2 Å². The average molecular weight is 291 g/mol. The molecule has 0 spiro atoms. The number of thiophene rings is 1. The second-order valence-corrected chi connectivity index (χ2v) is 5.62. The molecule has 0 radical (unpaired) electrons. The van der Waals surface area contributed by atoms with Gasteiger partial charge in [-0.05, 0) is 30.8 Å². The Bertz CT molecular complexity index is 484. The Morgan fingerprint density at radius 1 is 1.00 bits per heavy atom. The normalized spacial score (nSPS) is 10.7. The molecule has 0 atom stereocenters. The van der Waals surface area contributed by atoms with E-state index in [-0.39, 0.29) is 0 Å². The molecule has 108 valence electrons. The lowest BCUT2D eigenvalue weighted by atomic mass is 10.3. The van der Waals surface area contributed by atoms with Gasteiger partial charge in [0.05, 0.1) is 13.2 Å². The molecule has 0 aliphatic carbocycles. The van der Waals surface area contributed by atoms with E-state index >= 15 is 0 Å². The molecule has 0 fully saturated rings. The summed E-state index contributed by atoms with van der Waals surface area (Å²) in [6.07, 6.45) is 0. The molecule has 0 unspecified atom stereocenters. The minimum atomic E-state index is 0.583. The first-order chi connectivity index (χ1) is 9.88. The van der Waals surface area contributed by atoms with Crippen molar-refractivity contribution < 1.29 is 9.47 Å². The first-order valence-corrected chi connectivity index (χ1v) is 7.74. The third-order valence-corrected chi connectivity index (χ3v) is 3.81. The third-order valence-electron chi connectivity index (χ3n) is 2.75. The molecule has 0 aliphatic rings. The van der Waals surface area contributed by atoms with E-state index in [4.69, 9.17) is 9.47 Å². The summed E-state index contributed by atoms with van der Waals surface area (Å²) in [6, 6.07) is 14.1. The SMILES string of the molecule is CCNCc1ccc(COCCOc2ccccc2)s1. The maximum atomic E-state index is 5.62. The zero-order valence-electron chi connectivity index (χ0n) is 11.8. The molecule has 1 aromatic heterocycles. The fourth-order valence-electron chi connectivity index (χ4n) is 1.75. The van der Waals surface area contributed by atoms with Crippen LogP contribution in [0.4, 0.5) is 0 Å². The Labute approximate surface area is 124 Å². The molecule has 0 bridgehead atoms. The van der Waals surface area contributed by atoms with Gasteiger partial charge in [-0.25, -0.2) is 0 Å². The number of benzene rings is 1. The Balaban J connectivity index is 1.60. The zero-order valence-corrected chi connectivity index (χ0v) is 12.6. The van der Waals surface area contributed by atoms with E-state index in [2.05, 4.69) is 24.4 Å². The summed E-state index contributed by atoms with van der Waals surface area (Å²) in [4.78, 5) is 2.61. The minimum Gasteiger partial charge on any atom is -0.491 e. The molecule has 20 heavy (non-hydrogen) atoms. The number of nitrogens with one attached hydrogen (secondary N) is 1. The number of para-hydroxylation sites is 1. The standard InChI is InChI=1S/C16H21NO2S/c1-2-17-12-15-8-9-16(20-15)13-18-10-11-19-14-6-4-3-5-7-14/h3-9,17H,2,10-13H2,1H3. The maximum Gasteiger partial charge on any atom is 0.119 e. The van der Waals surface area contributed by atoms with Gasteiger partial charge in [-0.3, -0.25) is 0 Å². The first-order valence-electron chi connectivity index (χ1n) is 6.92. The van der Waals surface area contributed by atoms with Crippen molar-refractivity contribution >= 4 is 11.3 Å². The lowest BCUT2D eigenvalue weighted by Gasteiger charge is -2.06. The van der Waals surface area contributed by atoms with Crippen LogP contribution in [0.3, 0.4) is 0 Å². The largest absolute Gasteiger partial charge is 0.491 e. The van der Waals surface area contributed by atoms with Crippen LogP contribution >= 0.6 is 11.3 Å². The van der Waals surface area contributed by atoms with Gasteiger partial charge in [0.25, 0.3) is 0 Å². The van der Waals surface area contributed by atoms with Gasteiger partial charge in [-0.2, -0.15) is 0 Å². The van der Waals surface area contributed by atoms with Gasteiger partial charge in [0.2, 0.25) is 0 Å². The zero-order chi connectivity index (χ0) is 14.0. The van der Waals surface area contributed by atoms with Crippen molar-refractivity contribution in [1.82, 2.24) is 5.32 Å². The first kappa shape index (κ1) is 15.0. The molecule has 0 saturated heterocycles. The van der Waals surface area contributed by atoms with Crippen molar-refractivity contribution in [2.75, 3.05) is 19.8 Å². The van der Waals surface area contributed by atoms with Crippen LogP contribution in [-0.2, 0) is 17.9 Å². The molecular formula is C16H21NO2S. The molecular weight excluding hydrogens is 270 g/mol. The summed E-state index contributed by atoms with van der Waals surface area (Å²) in [5.41, 5.74) is 0. The van der Waals surface area contributed by atoms with Crippen LogP contribution in [-0.4, -0.2) is 19.8 Å². The summed E-state index contributed by atoms with van der Waals surface area (Å²) >= 11 is 1.80. The molecule has 1 heterocycles. The summed E-state index contributed by atoms with van der Waals surface area (Å²) < 4.78 is 11.2. The maximum absolute atomic E-state index is 5.62. The minimum absolute atomic E-state index is 0.583. The van der Waals surface area contributed by atoms with E-state index in [1.54, 1.807) is 11.3 Å². The van der Waals surface area contributed by atoms with Crippen LogP contribution in [0.15, 0.2) is 42.5 Å². The van der Waals surface area contributed by atoms with Crippen molar-refractivity contribution in [2.24, 2.45) is 0 Å². The van der Waals surface area contributed by atoms with Crippen molar-refractivity contribution in [3.63, 3.8) is 0 Å². The second kappa shape index (κ2) is 8.74. The second-order valence-electron chi connectivity index (χ2n) is 4.36. The number of rotatable bonds is 9. The van der Waals surface area contributed by atoms with Crippen LogP contribution in [0.1, 0.15) is 16.7 Å². The predicted octanol–water partition coefficient (Wildman–Crippen LogP) is 3.45.